The molecule has 5 aromatic rings. The number of rotatable bonds is 5. The molecular formula is C21H18F3N9O. The maximum atomic E-state index is 12.7. The lowest BCUT2D eigenvalue weighted by Crippen LogP contribution is -2.17. The molecule has 0 aliphatic carbocycles. The van der Waals surface area contributed by atoms with Crippen LogP contribution in [0, 0.1) is 6.92 Å². The smallest absolute Gasteiger partial charge is 0.406 e. The van der Waals surface area contributed by atoms with E-state index in [0.717, 1.165) is 29.0 Å². The Morgan fingerprint density at radius 1 is 1.03 bits per heavy atom. The van der Waals surface area contributed by atoms with Gasteiger partial charge in [-0.3, -0.25) is 4.68 Å². The van der Waals surface area contributed by atoms with E-state index in [1.807, 2.05) is 39.5 Å². The predicted molar refractivity (Wildman–Crippen MR) is 116 cm³/mol. The van der Waals surface area contributed by atoms with Crippen molar-refractivity contribution in [2.24, 2.45) is 14.1 Å². The number of imidazole rings is 1. The Labute approximate surface area is 190 Å². The fourth-order valence-corrected chi connectivity index (χ4v) is 3.61. The Kier molecular flexibility index (Phi) is 4.96. The molecule has 0 saturated carbocycles. The lowest BCUT2D eigenvalue weighted by molar-refractivity contribution is -0.274. The Morgan fingerprint density at radius 2 is 1.85 bits per heavy atom. The highest BCUT2D eigenvalue weighted by molar-refractivity contribution is 5.84. The third-order valence-electron chi connectivity index (χ3n) is 5.11. The highest BCUT2D eigenvalue weighted by Gasteiger charge is 2.31. The van der Waals surface area contributed by atoms with Crippen LogP contribution in [-0.2, 0) is 14.1 Å². The molecule has 0 radical (unpaired) electrons. The first-order valence-electron chi connectivity index (χ1n) is 10.0. The van der Waals surface area contributed by atoms with Crippen LogP contribution in [0.4, 0.5) is 24.8 Å². The first kappa shape index (κ1) is 21.4. The second-order valence-corrected chi connectivity index (χ2v) is 7.53. The number of ether oxygens (including phenoxy) is 1. The maximum Gasteiger partial charge on any atom is 0.573 e. The van der Waals surface area contributed by atoms with Crippen LogP contribution in [0.1, 0.15) is 5.56 Å². The van der Waals surface area contributed by atoms with E-state index in [1.54, 1.807) is 26.2 Å². The molecule has 0 amide bonds. The molecule has 5 heterocycles. The molecule has 5 rings (SSSR count). The molecule has 0 fully saturated rings. The Bertz CT molecular complexity index is 1500. The van der Waals surface area contributed by atoms with Crippen LogP contribution in [0.2, 0.25) is 0 Å². The molecule has 0 saturated heterocycles. The number of aryl methyl sites for hydroxylation is 3. The highest BCUT2D eigenvalue weighted by atomic mass is 19.4. The van der Waals surface area contributed by atoms with Crippen molar-refractivity contribution >= 4 is 17.2 Å². The number of nitrogens with zero attached hydrogens (tertiary/aromatic N) is 8. The second-order valence-electron chi connectivity index (χ2n) is 7.53. The monoisotopic (exact) mass is 469 g/mol. The van der Waals surface area contributed by atoms with Crippen LogP contribution in [0.25, 0.3) is 28.4 Å². The largest absolute Gasteiger partial charge is 0.573 e. The van der Waals surface area contributed by atoms with E-state index in [0.29, 0.717) is 23.0 Å². The fourth-order valence-electron chi connectivity index (χ4n) is 3.61. The van der Waals surface area contributed by atoms with Crippen molar-refractivity contribution in [3.05, 3.63) is 54.7 Å². The van der Waals surface area contributed by atoms with Gasteiger partial charge in [0.2, 0.25) is 5.82 Å². The molecular weight excluding hydrogens is 451 g/mol. The molecule has 0 spiro atoms. The van der Waals surface area contributed by atoms with E-state index in [-0.39, 0.29) is 5.82 Å². The summed E-state index contributed by atoms with van der Waals surface area (Å²) in [5, 5.41) is 12.1. The summed E-state index contributed by atoms with van der Waals surface area (Å²) in [6.07, 6.45) is 3.43. The van der Waals surface area contributed by atoms with Crippen molar-refractivity contribution in [2.75, 3.05) is 5.32 Å². The van der Waals surface area contributed by atoms with Crippen molar-refractivity contribution in [3.8, 4) is 28.7 Å². The van der Waals surface area contributed by atoms with E-state index in [4.69, 9.17) is 0 Å². The van der Waals surface area contributed by atoms with E-state index < -0.39 is 12.1 Å². The third-order valence-corrected chi connectivity index (χ3v) is 5.11. The number of aromatic nitrogens is 8. The third kappa shape index (κ3) is 4.02. The normalized spacial score (nSPS) is 11.8. The van der Waals surface area contributed by atoms with Crippen LogP contribution in [0.5, 0.6) is 5.75 Å². The number of fused-ring (bicyclic) bond motifs is 1. The van der Waals surface area contributed by atoms with Gasteiger partial charge in [0.05, 0.1) is 5.69 Å². The van der Waals surface area contributed by atoms with Crippen molar-refractivity contribution in [1.82, 2.24) is 38.9 Å². The fraction of sp³-hybridized carbons (Fsp3) is 0.190. The van der Waals surface area contributed by atoms with Crippen molar-refractivity contribution in [2.45, 2.75) is 13.3 Å². The zero-order valence-electron chi connectivity index (χ0n) is 18.2. The van der Waals surface area contributed by atoms with Gasteiger partial charge in [-0.05, 0) is 24.6 Å². The zero-order valence-corrected chi connectivity index (χ0v) is 18.2. The summed E-state index contributed by atoms with van der Waals surface area (Å²) in [6.45, 7) is 1.89. The van der Waals surface area contributed by atoms with Gasteiger partial charge < -0.3 is 14.6 Å². The van der Waals surface area contributed by atoms with Gasteiger partial charge in [-0.25, -0.2) is 19.5 Å². The van der Waals surface area contributed by atoms with Crippen LogP contribution in [-0.4, -0.2) is 45.3 Å². The Morgan fingerprint density at radius 3 is 2.53 bits per heavy atom. The number of halogens is 3. The van der Waals surface area contributed by atoms with Gasteiger partial charge >= 0.3 is 6.36 Å². The minimum atomic E-state index is -4.82. The van der Waals surface area contributed by atoms with Gasteiger partial charge in [-0.1, -0.05) is 0 Å². The molecule has 174 valence electrons. The molecule has 34 heavy (non-hydrogen) atoms. The predicted octanol–water partition coefficient (Wildman–Crippen LogP) is 3.88. The topological polar surface area (TPSA) is 100.0 Å². The molecule has 10 nitrogen and oxygen atoms in total. The Hall–Kier alpha value is -4.42. The van der Waals surface area contributed by atoms with Crippen LogP contribution in [0.3, 0.4) is 0 Å². The number of pyridine rings is 1. The average molecular weight is 469 g/mol. The number of alkyl halides is 3. The quantitative estimate of drug-likeness (QED) is 0.417. The van der Waals surface area contributed by atoms with Gasteiger partial charge in [0.25, 0.3) is 0 Å². The van der Waals surface area contributed by atoms with E-state index >= 15 is 0 Å². The standard InChI is InChI=1S/C21H18F3N9O/c1-12-14(15-5-8-32(3)29-15)11-33-17(12)18(28-19(30-33)20-26-7-9-31(20)2)27-16-10-13(4-6-25-16)34-21(22,23)24/h4-11H,1-3H3,(H,25,27,28,30). The molecule has 0 aromatic carbocycles. The summed E-state index contributed by atoms with van der Waals surface area (Å²) in [4.78, 5) is 13.0. The van der Waals surface area contributed by atoms with Crippen LogP contribution < -0.4 is 10.1 Å². The number of hydrogen-bond acceptors (Lipinski definition) is 7. The molecule has 5 aromatic heterocycles. The van der Waals surface area contributed by atoms with E-state index in [1.165, 1.54) is 6.20 Å². The van der Waals surface area contributed by atoms with Gasteiger partial charge in [-0.2, -0.15) is 5.10 Å². The molecule has 0 unspecified atom stereocenters. The molecule has 13 heteroatoms. The lowest BCUT2D eigenvalue weighted by atomic mass is 10.1. The second kappa shape index (κ2) is 7.86. The van der Waals surface area contributed by atoms with Crippen molar-refractivity contribution < 1.29 is 17.9 Å². The summed E-state index contributed by atoms with van der Waals surface area (Å²) >= 11 is 0. The van der Waals surface area contributed by atoms with Gasteiger partial charge in [0.15, 0.2) is 11.6 Å². The summed E-state index contributed by atoms with van der Waals surface area (Å²) in [7, 11) is 3.63. The highest BCUT2D eigenvalue weighted by Crippen LogP contribution is 2.33. The minimum absolute atomic E-state index is 0.119. The number of nitrogens with one attached hydrogen (secondary N) is 1. The molecule has 0 aliphatic heterocycles. The SMILES string of the molecule is Cc1c(-c2ccn(C)n2)cn2nc(-c3nccn3C)nc(Nc3cc(OC(F)(F)F)ccn3)c12. The summed E-state index contributed by atoms with van der Waals surface area (Å²) < 4.78 is 47.1. The van der Waals surface area contributed by atoms with E-state index in [2.05, 4.69) is 35.2 Å². The van der Waals surface area contributed by atoms with E-state index in [9.17, 15) is 13.2 Å². The van der Waals surface area contributed by atoms with Crippen molar-refractivity contribution in [1.29, 1.82) is 0 Å². The van der Waals surface area contributed by atoms with Gasteiger partial charge in [0, 0.05) is 56.7 Å². The lowest BCUT2D eigenvalue weighted by Gasteiger charge is -2.12. The summed E-state index contributed by atoms with van der Waals surface area (Å²) in [6, 6.07) is 4.14. The first-order valence-corrected chi connectivity index (χ1v) is 10.0. The first-order chi connectivity index (χ1) is 16.2. The Balaban J connectivity index is 1.65. The zero-order chi connectivity index (χ0) is 24.0. The molecule has 0 bridgehead atoms. The molecule has 0 atom stereocenters. The maximum absolute atomic E-state index is 12.7. The van der Waals surface area contributed by atoms with Crippen molar-refractivity contribution in [3.63, 3.8) is 0 Å². The van der Waals surface area contributed by atoms with Crippen LogP contribution >= 0.6 is 0 Å². The van der Waals surface area contributed by atoms with Gasteiger partial charge in [-0.15, -0.1) is 18.3 Å². The number of hydrogen-bond donors (Lipinski definition) is 1. The molecule has 0 aliphatic rings. The summed E-state index contributed by atoms with van der Waals surface area (Å²) in [5.74, 6) is 0.878. The van der Waals surface area contributed by atoms with Crippen LogP contribution in [0.15, 0.2) is 49.2 Å². The minimum Gasteiger partial charge on any atom is -0.406 e. The molecule has 1 N–H and O–H groups in total. The number of anilines is 2. The summed E-state index contributed by atoms with van der Waals surface area (Å²) in [5.41, 5.74) is 3.02. The van der Waals surface area contributed by atoms with Gasteiger partial charge in [0.1, 0.15) is 17.1 Å². The average Bonchev–Trinajstić information content (AvgIpc) is 3.46.